The number of primary sulfonamides is 1. The zero-order chi connectivity index (χ0) is 22.9. The Morgan fingerprint density at radius 2 is 1.75 bits per heavy atom. The standard InChI is InChI=1S/C24H29N3O4S/c1-3-27(4-2)23(28)18-7-5-17(6-8-18)21-16-24(11-13-26-14-12-24)31-22-10-9-19(15-20(21)22)32(25,29)30/h5-10,15-16,26H,3-4,11-14H2,1-2H3,(H2,25,29,30). The summed E-state index contributed by atoms with van der Waals surface area (Å²) in [5.74, 6) is 0.634. The lowest BCUT2D eigenvalue weighted by molar-refractivity contribution is 0.0772. The molecule has 0 bridgehead atoms. The number of benzene rings is 2. The number of piperidine rings is 1. The highest BCUT2D eigenvalue weighted by Gasteiger charge is 2.37. The van der Waals surface area contributed by atoms with Crippen molar-refractivity contribution in [2.75, 3.05) is 26.2 Å². The second kappa shape index (κ2) is 8.69. The van der Waals surface area contributed by atoms with Crippen LogP contribution in [0.1, 0.15) is 48.2 Å². The van der Waals surface area contributed by atoms with E-state index in [0.29, 0.717) is 30.0 Å². The normalized spacial score (nSPS) is 17.3. The lowest BCUT2D eigenvalue weighted by atomic mass is 9.83. The van der Waals surface area contributed by atoms with Crippen LogP contribution in [0.4, 0.5) is 0 Å². The second-order valence-electron chi connectivity index (χ2n) is 8.23. The van der Waals surface area contributed by atoms with E-state index >= 15 is 0 Å². The summed E-state index contributed by atoms with van der Waals surface area (Å²) in [6.45, 7) is 6.90. The van der Waals surface area contributed by atoms with Crippen LogP contribution in [0, 0.1) is 0 Å². The number of rotatable bonds is 5. The van der Waals surface area contributed by atoms with Gasteiger partial charge in [-0.15, -0.1) is 0 Å². The first-order valence-corrected chi connectivity index (χ1v) is 12.5. The zero-order valence-corrected chi connectivity index (χ0v) is 19.2. The summed E-state index contributed by atoms with van der Waals surface area (Å²) in [5.41, 5.74) is 2.64. The van der Waals surface area contributed by atoms with Crippen LogP contribution >= 0.6 is 0 Å². The summed E-state index contributed by atoms with van der Waals surface area (Å²) >= 11 is 0. The molecule has 0 unspecified atom stereocenters. The molecule has 2 aliphatic heterocycles. The van der Waals surface area contributed by atoms with E-state index in [0.717, 1.165) is 37.1 Å². The van der Waals surface area contributed by atoms with Crippen molar-refractivity contribution in [1.82, 2.24) is 10.2 Å². The van der Waals surface area contributed by atoms with Crippen molar-refractivity contribution in [1.29, 1.82) is 0 Å². The number of fused-ring (bicyclic) bond motifs is 1. The SMILES string of the molecule is CCN(CC)C(=O)c1ccc(C2=CC3(CCNCC3)Oc3ccc(S(N)(=O)=O)cc32)cc1. The Balaban J connectivity index is 1.79. The molecule has 2 aromatic rings. The van der Waals surface area contributed by atoms with E-state index in [1.807, 2.05) is 38.1 Å². The number of carbonyl (C=O) groups is 1. The van der Waals surface area contributed by atoms with Gasteiger partial charge in [-0.1, -0.05) is 12.1 Å². The molecule has 2 heterocycles. The van der Waals surface area contributed by atoms with Crippen LogP contribution < -0.4 is 15.2 Å². The molecule has 2 aliphatic rings. The van der Waals surface area contributed by atoms with Gasteiger partial charge in [-0.05, 0) is 74.5 Å². The van der Waals surface area contributed by atoms with Gasteiger partial charge in [-0.25, -0.2) is 13.6 Å². The van der Waals surface area contributed by atoms with Crippen molar-refractivity contribution in [2.45, 2.75) is 37.2 Å². The van der Waals surface area contributed by atoms with E-state index in [1.165, 1.54) is 6.07 Å². The minimum Gasteiger partial charge on any atom is -0.482 e. The van der Waals surface area contributed by atoms with E-state index in [-0.39, 0.29) is 10.8 Å². The van der Waals surface area contributed by atoms with E-state index < -0.39 is 15.6 Å². The van der Waals surface area contributed by atoms with Gasteiger partial charge >= 0.3 is 0 Å². The van der Waals surface area contributed by atoms with Crippen molar-refractivity contribution in [2.24, 2.45) is 5.14 Å². The lowest BCUT2D eigenvalue weighted by Gasteiger charge is -2.40. The van der Waals surface area contributed by atoms with Gasteiger partial charge in [0.1, 0.15) is 11.4 Å². The molecule has 3 N–H and O–H groups in total. The van der Waals surface area contributed by atoms with Gasteiger partial charge in [0.05, 0.1) is 4.90 Å². The molecule has 0 aliphatic carbocycles. The van der Waals surface area contributed by atoms with Crippen LogP contribution in [0.15, 0.2) is 53.4 Å². The first-order chi connectivity index (χ1) is 15.3. The Morgan fingerprint density at radius 1 is 1.09 bits per heavy atom. The molecular formula is C24H29N3O4S. The number of nitrogens with one attached hydrogen (secondary N) is 1. The topological polar surface area (TPSA) is 102 Å². The molecule has 1 spiro atoms. The van der Waals surface area contributed by atoms with Gasteiger partial charge in [0.2, 0.25) is 10.0 Å². The van der Waals surface area contributed by atoms with Crippen molar-refractivity contribution in [3.8, 4) is 5.75 Å². The first kappa shape index (κ1) is 22.5. The third-order valence-corrected chi connectivity index (χ3v) is 7.14. The van der Waals surface area contributed by atoms with E-state index in [1.54, 1.807) is 17.0 Å². The van der Waals surface area contributed by atoms with E-state index in [4.69, 9.17) is 9.88 Å². The van der Waals surface area contributed by atoms with Crippen molar-refractivity contribution in [3.63, 3.8) is 0 Å². The number of sulfonamides is 1. The monoisotopic (exact) mass is 455 g/mol. The second-order valence-corrected chi connectivity index (χ2v) is 9.79. The number of nitrogens with zero attached hydrogens (tertiary/aromatic N) is 1. The third-order valence-electron chi connectivity index (χ3n) is 6.23. The van der Waals surface area contributed by atoms with Crippen molar-refractivity contribution < 1.29 is 17.9 Å². The molecule has 4 rings (SSSR count). The van der Waals surface area contributed by atoms with Crippen LogP contribution in [0.25, 0.3) is 5.57 Å². The quantitative estimate of drug-likeness (QED) is 0.722. The molecule has 32 heavy (non-hydrogen) atoms. The molecule has 0 atom stereocenters. The number of carbonyl (C=O) groups excluding carboxylic acids is 1. The predicted octanol–water partition coefficient (Wildman–Crippen LogP) is 2.76. The predicted molar refractivity (Wildman–Crippen MR) is 124 cm³/mol. The average Bonchev–Trinajstić information content (AvgIpc) is 2.79. The van der Waals surface area contributed by atoms with Crippen LogP contribution in [0.5, 0.6) is 5.75 Å². The van der Waals surface area contributed by atoms with Crippen LogP contribution in [0.2, 0.25) is 0 Å². The molecule has 0 radical (unpaired) electrons. The molecule has 8 heteroatoms. The molecule has 1 amide bonds. The lowest BCUT2D eigenvalue weighted by Crippen LogP contribution is -2.46. The Morgan fingerprint density at radius 3 is 2.34 bits per heavy atom. The number of hydrogen-bond acceptors (Lipinski definition) is 5. The summed E-state index contributed by atoms with van der Waals surface area (Å²) in [6, 6.07) is 12.2. The van der Waals surface area contributed by atoms with Crippen molar-refractivity contribution >= 4 is 21.5 Å². The largest absolute Gasteiger partial charge is 0.482 e. The van der Waals surface area contributed by atoms with Crippen LogP contribution in [-0.2, 0) is 10.0 Å². The number of amides is 1. The minimum atomic E-state index is -3.85. The van der Waals surface area contributed by atoms with Gasteiger partial charge in [-0.2, -0.15) is 0 Å². The molecule has 170 valence electrons. The fraction of sp³-hybridized carbons (Fsp3) is 0.375. The Kier molecular flexibility index (Phi) is 6.11. The average molecular weight is 456 g/mol. The molecule has 7 nitrogen and oxygen atoms in total. The fourth-order valence-electron chi connectivity index (χ4n) is 4.40. The molecule has 0 aromatic heterocycles. The highest BCUT2D eigenvalue weighted by Crippen LogP contribution is 2.43. The van der Waals surface area contributed by atoms with Gasteiger partial charge in [-0.3, -0.25) is 4.79 Å². The van der Waals surface area contributed by atoms with Crippen LogP contribution in [0.3, 0.4) is 0 Å². The number of ether oxygens (including phenoxy) is 1. The van der Waals surface area contributed by atoms with Crippen LogP contribution in [-0.4, -0.2) is 51.0 Å². The van der Waals surface area contributed by atoms with E-state index in [2.05, 4.69) is 11.4 Å². The van der Waals surface area contributed by atoms with Gasteiger partial charge in [0.15, 0.2) is 0 Å². The fourth-order valence-corrected chi connectivity index (χ4v) is 4.94. The highest BCUT2D eigenvalue weighted by atomic mass is 32.2. The Labute approximate surface area is 189 Å². The van der Waals surface area contributed by atoms with Gasteiger partial charge < -0.3 is 15.0 Å². The summed E-state index contributed by atoms with van der Waals surface area (Å²) in [4.78, 5) is 14.5. The van der Waals surface area contributed by atoms with Gasteiger partial charge in [0, 0.05) is 37.1 Å². The molecule has 2 aromatic carbocycles. The molecule has 1 fully saturated rings. The van der Waals surface area contributed by atoms with Gasteiger partial charge in [0.25, 0.3) is 5.91 Å². The summed E-state index contributed by atoms with van der Waals surface area (Å²) in [6.07, 6.45) is 3.72. The molecular weight excluding hydrogens is 426 g/mol. The number of hydrogen-bond donors (Lipinski definition) is 2. The highest BCUT2D eigenvalue weighted by molar-refractivity contribution is 7.89. The summed E-state index contributed by atoms with van der Waals surface area (Å²) in [7, 11) is -3.85. The smallest absolute Gasteiger partial charge is 0.253 e. The summed E-state index contributed by atoms with van der Waals surface area (Å²) < 4.78 is 30.3. The maximum atomic E-state index is 12.7. The maximum Gasteiger partial charge on any atom is 0.253 e. The van der Waals surface area contributed by atoms with E-state index in [9.17, 15) is 13.2 Å². The molecule has 0 saturated carbocycles. The third kappa shape index (κ3) is 4.30. The minimum absolute atomic E-state index is 0.00533. The Bertz CT molecular complexity index is 1150. The molecule has 1 saturated heterocycles. The Hall–Kier alpha value is -2.68. The zero-order valence-electron chi connectivity index (χ0n) is 18.4. The first-order valence-electron chi connectivity index (χ1n) is 11.0. The number of nitrogens with two attached hydrogens (primary N) is 1. The maximum absolute atomic E-state index is 12.7. The van der Waals surface area contributed by atoms with Crippen molar-refractivity contribution in [3.05, 3.63) is 65.2 Å². The summed E-state index contributed by atoms with van der Waals surface area (Å²) in [5, 5.41) is 8.74.